The number of carbonyl (C=O) groups excluding carboxylic acids is 1. The van der Waals surface area contributed by atoms with Crippen LogP contribution in [0.25, 0.3) is 0 Å². The molecule has 1 amide bonds. The Morgan fingerprint density at radius 3 is 2.84 bits per heavy atom. The predicted molar refractivity (Wildman–Crippen MR) is 74.2 cm³/mol. The molecule has 1 rings (SSSR count). The van der Waals surface area contributed by atoms with Crippen LogP contribution < -0.4 is 15.4 Å². The molecule has 0 aliphatic carbocycles. The standard InChI is InChI=1S/C14H22N2O3/c1-15-10-12-6-3-4-7-13(12)19-11-14(17)16-8-5-9-18-2/h3-4,6-7,15H,5,8-11H2,1-2H3,(H,16,17). The van der Waals surface area contributed by atoms with Crippen LogP contribution in [0.3, 0.4) is 0 Å². The lowest BCUT2D eigenvalue weighted by Gasteiger charge is -2.11. The Labute approximate surface area is 114 Å². The topological polar surface area (TPSA) is 59.6 Å². The Morgan fingerprint density at radius 1 is 1.32 bits per heavy atom. The number of para-hydroxylation sites is 1. The molecule has 5 heteroatoms. The minimum atomic E-state index is -0.115. The molecule has 1 aromatic rings. The van der Waals surface area contributed by atoms with Crippen LogP contribution in [0.5, 0.6) is 5.75 Å². The van der Waals surface area contributed by atoms with Crippen LogP contribution in [0.1, 0.15) is 12.0 Å². The van der Waals surface area contributed by atoms with Crippen LogP contribution in [0, 0.1) is 0 Å². The number of ether oxygens (including phenoxy) is 2. The predicted octanol–water partition coefficient (Wildman–Crippen LogP) is 0.938. The third kappa shape index (κ3) is 6.22. The van der Waals surface area contributed by atoms with Gasteiger partial charge in [-0.15, -0.1) is 0 Å². The third-order valence-electron chi connectivity index (χ3n) is 2.55. The second-order valence-electron chi connectivity index (χ2n) is 4.12. The maximum absolute atomic E-state index is 11.6. The van der Waals surface area contributed by atoms with E-state index in [-0.39, 0.29) is 12.5 Å². The maximum Gasteiger partial charge on any atom is 0.257 e. The minimum Gasteiger partial charge on any atom is -0.483 e. The second kappa shape index (κ2) is 9.35. The fraction of sp³-hybridized carbons (Fsp3) is 0.500. The van der Waals surface area contributed by atoms with Crippen molar-refractivity contribution in [2.45, 2.75) is 13.0 Å². The first-order valence-corrected chi connectivity index (χ1v) is 6.39. The van der Waals surface area contributed by atoms with Crippen molar-refractivity contribution in [1.82, 2.24) is 10.6 Å². The van der Waals surface area contributed by atoms with Crippen LogP contribution in [-0.4, -0.2) is 39.8 Å². The van der Waals surface area contributed by atoms with Crippen molar-refractivity contribution in [1.29, 1.82) is 0 Å². The number of carbonyl (C=O) groups is 1. The molecule has 0 heterocycles. The monoisotopic (exact) mass is 266 g/mol. The van der Waals surface area contributed by atoms with Gasteiger partial charge in [0.15, 0.2) is 6.61 Å². The number of benzene rings is 1. The number of nitrogens with one attached hydrogen (secondary N) is 2. The van der Waals surface area contributed by atoms with E-state index in [1.54, 1.807) is 7.11 Å². The van der Waals surface area contributed by atoms with Crippen molar-refractivity contribution >= 4 is 5.91 Å². The molecule has 0 aliphatic rings. The molecule has 0 fully saturated rings. The van der Waals surface area contributed by atoms with Crippen molar-refractivity contribution < 1.29 is 14.3 Å². The van der Waals surface area contributed by atoms with Gasteiger partial charge >= 0.3 is 0 Å². The van der Waals surface area contributed by atoms with Crippen molar-refractivity contribution in [3.8, 4) is 5.75 Å². The average molecular weight is 266 g/mol. The highest BCUT2D eigenvalue weighted by atomic mass is 16.5. The van der Waals surface area contributed by atoms with Gasteiger partial charge in [-0.2, -0.15) is 0 Å². The number of methoxy groups -OCH3 is 1. The smallest absolute Gasteiger partial charge is 0.257 e. The van der Waals surface area contributed by atoms with E-state index in [1.165, 1.54) is 0 Å². The van der Waals surface area contributed by atoms with Crippen LogP contribution in [0.4, 0.5) is 0 Å². The first-order valence-electron chi connectivity index (χ1n) is 6.39. The molecule has 0 atom stereocenters. The summed E-state index contributed by atoms with van der Waals surface area (Å²) < 4.78 is 10.4. The summed E-state index contributed by atoms with van der Waals surface area (Å²) >= 11 is 0. The van der Waals surface area contributed by atoms with E-state index in [2.05, 4.69) is 10.6 Å². The Bertz CT molecular complexity index is 383. The van der Waals surface area contributed by atoms with Gasteiger partial charge in [0.2, 0.25) is 0 Å². The molecule has 0 aliphatic heterocycles. The Balaban J connectivity index is 2.33. The van der Waals surface area contributed by atoms with Gasteiger partial charge in [-0.25, -0.2) is 0 Å². The molecular formula is C14H22N2O3. The summed E-state index contributed by atoms with van der Waals surface area (Å²) in [5.74, 6) is 0.624. The van der Waals surface area contributed by atoms with Gasteiger partial charge in [-0.3, -0.25) is 4.79 Å². The van der Waals surface area contributed by atoms with Crippen molar-refractivity contribution in [3.63, 3.8) is 0 Å². The van der Waals surface area contributed by atoms with Crippen LogP contribution in [-0.2, 0) is 16.1 Å². The molecule has 106 valence electrons. The fourth-order valence-corrected chi connectivity index (χ4v) is 1.62. The fourth-order valence-electron chi connectivity index (χ4n) is 1.62. The summed E-state index contributed by atoms with van der Waals surface area (Å²) in [7, 11) is 3.52. The molecule has 19 heavy (non-hydrogen) atoms. The largest absolute Gasteiger partial charge is 0.483 e. The molecule has 0 aromatic heterocycles. The molecule has 0 radical (unpaired) electrons. The van der Waals surface area contributed by atoms with Gasteiger partial charge in [0.25, 0.3) is 5.91 Å². The Hall–Kier alpha value is -1.59. The zero-order valence-electron chi connectivity index (χ0n) is 11.6. The highest BCUT2D eigenvalue weighted by Gasteiger charge is 2.05. The summed E-state index contributed by atoms with van der Waals surface area (Å²) in [6, 6.07) is 7.68. The molecule has 5 nitrogen and oxygen atoms in total. The normalized spacial score (nSPS) is 10.2. The van der Waals surface area contributed by atoms with Crippen LogP contribution in [0.2, 0.25) is 0 Å². The van der Waals surface area contributed by atoms with Gasteiger partial charge in [-0.1, -0.05) is 18.2 Å². The summed E-state index contributed by atoms with van der Waals surface area (Å²) in [4.78, 5) is 11.6. The van der Waals surface area contributed by atoms with Crippen molar-refractivity contribution in [2.75, 3.05) is 33.9 Å². The Kier molecular flexibility index (Phi) is 7.62. The van der Waals surface area contributed by atoms with Crippen LogP contribution in [0.15, 0.2) is 24.3 Å². The molecule has 0 saturated carbocycles. The SMILES string of the molecule is CNCc1ccccc1OCC(=O)NCCCOC. The third-order valence-corrected chi connectivity index (χ3v) is 2.55. The molecule has 0 saturated heterocycles. The van der Waals surface area contributed by atoms with E-state index in [0.717, 1.165) is 17.7 Å². The first-order chi connectivity index (χ1) is 9.27. The lowest BCUT2D eigenvalue weighted by atomic mass is 10.2. The molecule has 2 N–H and O–H groups in total. The van der Waals surface area contributed by atoms with E-state index in [0.29, 0.717) is 19.7 Å². The zero-order chi connectivity index (χ0) is 13.9. The lowest BCUT2D eigenvalue weighted by Crippen LogP contribution is -2.30. The lowest BCUT2D eigenvalue weighted by molar-refractivity contribution is -0.123. The highest BCUT2D eigenvalue weighted by molar-refractivity contribution is 5.77. The number of amides is 1. The second-order valence-corrected chi connectivity index (χ2v) is 4.12. The number of hydrogen-bond donors (Lipinski definition) is 2. The summed E-state index contributed by atoms with van der Waals surface area (Å²) in [6.45, 7) is 2.00. The molecule has 0 bridgehead atoms. The van der Waals surface area contributed by atoms with Crippen LogP contribution >= 0.6 is 0 Å². The minimum absolute atomic E-state index is 0.0354. The Morgan fingerprint density at radius 2 is 2.11 bits per heavy atom. The summed E-state index contributed by atoms with van der Waals surface area (Å²) in [5.41, 5.74) is 1.04. The van der Waals surface area contributed by atoms with Gasteiger partial charge in [-0.05, 0) is 19.5 Å². The van der Waals surface area contributed by atoms with Crippen molar-refractivity contribution in [3.05, 3.63) is 29.8 Å². The van der Waals surface area contributed by atoms with E-state index >= 15 is 0 Å². The first kappa shape index (κ1) is 15.5. The van der Waals surface area contributed by atoms with Gasteiger partial charge in [0.1, 0.15) is 5.75 Å². The van der Waals surface area contributed by atoms with E-state index in [9.17, 15) is 4.79 Å². The van der Waals surface area contributed by atoms with Gasteiger partial charge in [0, 0.05) is 32.4 Å². The molecule has 0 spiro atoms. The van der Waals surface area contributed by atoms with E-state index in [4.69, 9.17) is 9.47 Å². The molecular weight excluding hydrogens is 244 g/mol. The van der Waals surface area contributed by atoms with Gasteiger partial charge < -0.3 is 20.1 Å². The zero-order valence-corrected chi connectivity index (χ0v) is 11.6. The summed E-state index contributed by atoms with van der Waals surface area (Å²) in [5, 5.41) is 5.85. The quantitative estimate of drug-likeness (QED) is 0.653. The highest BCUT2D eigenvalue weighted by Crippen LogP contribution is 2.17. The number of hydrogen-bond acceptors (Lipinski definition) is 4. The van der Waals surface area contributed by atoms with Crippen molar-refractivity contribution in [2.24, 2.45) is 0 Å². The summed E-state index contributed by atoms with van der Waals surface area (Å²) in [6.07, 6.45) is 0.804. The molecule has 0 unspecified atom stereocenters. The average Bonchev–Trinajstić information content (AvgIpc) is 2.43. The molecule has 1 aromatic carbocycles. The maximum atomic E-state index is 11.6. The number of rotatable bonds is 9. The van der Waals surface area contributed by atoms with E-state index in [1.807, 2.05) is 31.3 Å². The van der Waals surface area contributed by atoms with E-state index < -0.39 is 0 Å². The van der Waals surface area contributed by atoms with Gasteiger partial charge in [0.05, 0.1) is 0 Å².